The molecule has 0 spiro atoms. The molecule has 2 aromatic rings. The SMILES string of the molecule is O=C(NCc1ccc(Cl)cc1)c1ccc(C2SCCS2)cc1. The van der Waals surface area contributed by atoms with Crippen molar-refractivity contribution in [3.8, 4) is 0 Å². The van der Waals surface area contributed by atoms with E-state index >= 15 is 0 Å². The standard InChI is InChI=1S/C17H16ClNOS2/c18-15-7-1-12(2-8-15)11-19-16(20)13-3-5-14(6-4-13)17-21-9-10-22-17/h1-8,17H,9-11H2,(H,19,20). The maximum absolute atomic E-state index is 12.2. The maximum Gasteiger partial charge on any atom is 0.251 e. The topological polar surface area (TPSA) is 29.1 Å². The fraction of sp³-hybridized carbons (Fsp3) is 0.235. The van der Waals surface area contributed by atoms with Gasteiger partial charge in [0.1, 0.15) is 0 Å². The summed E-state index contributed by atoms with van der Waals surface area (Å²) in [6, 6.07) is 15.4. The third kappa shape index (κ3) is 4.00. The zero-order valence-corrected chi connectivity index (χ0v) is 14.3. The van der Waals surface area contributed by atoms with Gasteiger partial charge in [0.2, 0.25) is 0 Å². The molecule has 1 heterocycles. The van der Waals surface area contributed by atoms with Gasteiger partial charge in [-0.2, -0.15) is 0 Å². The highest BCUT2D eigenvalue weighted by Gasteiger charge is 2.18. The normalized spacial score (nSPS) is 15.0. The lowest BCUT2D eigenvalue weighted by Crippen LogP contribution is -2.22. The number of amides is 1. The molecule has 0 aliphatic carbocycles. The molecule has 114 valence electrons. The molecule has 3 rings (SSSR count). The summed E-state index contributed by atoms with van der Waals surface area (Å²) in [5.41, 5.74) is 3.03. The van der Waals surface area contributed by atoms with Crippen LogP contribution in [-0.4, -0.2) is 17.4 Å². The Morgan fingerprint density at radius 3 is 2.32 bits per heavy atom. The maximum atomic E-state index is 12.2. The van der Waals surface area contributed by atoms with Crippen molar-refractivity contribution in [3.05, 3.63) is 70.2 Å². The van der Waals surface area contributed by atoms with Crippen LogP contribution in [0.4, 0.5) is 0 Å². The molecule has 0 atom stereocenters. The largest absolute Gasteiger partial charge is 0.348 e. The molecule has 2 nitrogen and oxygen atoms in total. The molecule has 1 aliphatic rings. The van der Waals surface area contributed by atoms with Crippen molar-refractivity contribution in [2.75, 3.05) is 11.5 Å². The first-order chi connectivity index (χ1) is 10.7. The average Bonchev–Trinajstić information content (AvgIpc) is 3.09. The number of rotatable bonds is 4. The molecule has 1 fully saturated rings. The molecule has 1 saturated heterocycles. The van der Waals surface area contributed by atoms with Crippen molar-refractivity contribution in [1.29, 1.82) is 0 Å². The number of hydrogen-bond donors (Lipinski definition) is 1. The third-order valence-electron chi connectivity index (χ3n) is 3.43. The first-order valence-corrected chi connectivity index (χ1v) is 9.56. The highest BCUT2D eigenvalue weighted by Crippen LogP contribution is 2.45. The average molecular weight is 350 g/mol. The summed E-state index contributed by atoms with van der Waals surface area (Å²) in [6.07, 6.45) is 0. The number of halogens is 1. The molecule has 0 bridgehead atoms. The van der Waals surface area contributed by atoms with Crippen molar-refractivity contribution >= 4 is 41.0 Å². The summed E-state index contributed by atoms with van der Waals surface area (Å²) >= 11 is 9.79. The Balaban J connectivity index is 1.58. The van der Waals surface area contributed by atoms with E-state index < -0.39 is 0 Å². The van der Waals surface area contributed by atoms with Gasteiger partial charge in [0.05, 0.1) is 4.58 Å². The Bertz CT molecular complexity index is 637. The molecule has 0 radical (unpaired) electrons. The molecule has 22 heavy (non-hydrogen) atoms. The highest BCUT2D eigenvalue weighted by molar-refractivity contribution is 8.19. The van der Waals surface area contributed by atoms with E-state index in [9.17, 15) is 4.79 Å². The lowest BCUT2D eigenvalue weighted by atomic mass is 10.1. The fourth-order valence-corrected chi connectivity index (χ4v) is 5.21. The monoisotopic (exact) mass is 349 g/mol. The van der Waals surface area contributed by atoms with E-state index in [1.807, 2.05) is 59.9 Å². The van der Waals surface area contributed by atoms with Gasteiger partial charge >= 0.3 is 0 Å². The van der Waals surface area contributed by atoms with Gasteiger partial charge in [-0.25, -0.2) is 0 Å². The minimum atomic E-state index is -0.0479. The van der Waals surface area contributed by atoms with Crippen LogP contribution in [0, 0.1) is 0 Å². The van der Waals surface area contributed by atoms with Crippen LogP contribution in [0.15, 0.2) is 48.5 Å². The summed E-state index contributed by atoms with van der Waals surface area (Å²) in [6.45, 7) is 0.506. The van der Waals surface area contributed by atoms with Crippen LogP contribution in [0.25, 0.3) is 0 Å². The molecule has 0 unspecified atom stereocenters. The van der Waals surface area contributed by atoms with Gasteiger partial charge in [0, 0.05) is 28.6 Å². The number of thioether (sulfide) groups is 2. The summed E-state index contributed by atoms with van der Waals surface area (Å²) in [5.74, 6) is 2.37. The molecular weight excluding hydrogens is 334 g/mol. The van der Waals surface area contributed by atoms with Gasteiger partial charge in [-0.1, -0.05) is 35.9 Å². The second-order valence-electron chi connectivity index (χ2n) is 5.00. The van der Waals surface area contributed by atoms with E-state index in [4.69, 9.17) is 11.6 Å². The molecule has 1 amide bonds. The number of hydrogen-bond acceptors (Lipinski definition) is 3. The Hall–Kier alpha value is -1.10. The smallest absolute Gasteiger partial charge is 0.251 e. The Morgan fingerprint density at radius 2 is 1.68 bits per heavy atom. The molecule has 0 saturated carbocycles. The van der Waals surface area contributed by atoms with E-state index in [-0.39, 0.29) is 5.91 Å². The van der Waals surface area contributed by atoms with Gasteiger partial charge in [0.25, 0.3) is 5.91 Å². The van der Waals surface area contributed by atoms with Crippen LogP contribution in [0.5, 0.6) is 0 Å². The minimum absolute atomic E-state index is 0.0479. The third-order valence-corrected chi connectivity index (χ3v) is 6.79. The summed E-state index contributed by atoms with van der Waals surface area (Å²) in [5, 5.41) is 3.63. The molecule has 2 aromatic carbocycles. The van der Waals surface area contributed by atoms with E-state index in [1.54, 1.807) is 0 Å². The molecule has 1 N–H and O–H groups in total. The van der Waals surface area contributed by atoms with Crippen LogP contribution >= 0.6 is 35.1 Å². The van der Waals surface area contributed by atoms with E-state index in [1.165, 1.54) is 17.1 Å². The first kappa shape index (κ1) is 15.8. The highest BCUT2D eigenvalue weighted by atomic mass is 35.5. The van der Waals surface area contributed by atoms with Gasteiger partial charge in [0.15, 0.2) is 0 Å². The molecule has 5 heteroatoms. The summed E-state index contributed by atoms with van der Waals surface area (Å²) in [4.78, 5) is 12.2. The number of carbonyl (C=O) groups excluding carboxylic acids is 1. The van der Waals surface area contributed by atoms with Crippen molar-refractivity contribution in [2.45, 2.75) is 11.1 Å². The van der Waals surface area contributed by atoms with Gasteiger partial charge in [-0.05, 0) is 35.4 Å². The Morgan fingerprint density at radius 1 is 1.05 bits per heavy atom. The van der Waals surface area contributed by atoms with Crippen LogP contribution < -0.4 is 5.32 Å². The first-order valence-electron chi connectivity index (χ1n) is 7.08. The van der Waals surface area contributed by atoms with E-state index in [0.717, 1.165) is 5.56 Å². The second kappa shape index (κ2) is 7.44. The van der Waals surface area contributed by atoms with Crippen molar-refractivity contribution in [3.63, 3.8) is 0 Å². The quantitative estimate of drug-likeness (QED) is 0.863. The van der Waals surface area contributed by atoms with Gasteiger partial charge < -0.3 is 5.32 Å². The van der Waals surface area contributed by atoms with Crippen LogP contribution in [0.1, 0.15) is 26.1 Å². The van der Waals surface area contributed by atoms with Crippen molar-refractivity contribution < 1.29 is 4.79 Å². The van der Waals surface area contributed by atoms with E-state index in [0.29, 0.717) is 21.7 Å². The van der Waals surface area contributed by atoms with Crippen LogP contribution in [0.2, 0.25) is 5.02 Å². The van der Waals surface area contributed by atoms with Gasteiger partial charge in [-0.15, -0.1) is 23.5 Å². The number of carbonyl (C=O) groups is 1. The molecular formula is C17H16ClNOS2. The Labute approximate surface area is 144 Å². The van der Waals surface area contributed by atoms with Gasteiger partial charge in [-0.3, -0.25) is 4.79 Å². The minimum Gasteiger partial charge on any atom is -0.348 e. The fourth-order valence-electron chi connectivity index (χ4n) is 2.23. The zero-order chi connectivity index (χ0) is 15.4. The summed E-state index contributed by atoms with van der Waals surface area (Å²) < 4.78 is 0.520. The van der Waals surface area contributed by atoms with Crippen molar-refractivity contribution in [2.24, 2.45) is 0 Å². The Kier molecular flexibility index (Phi) is 5.34. The lowest BCUT2D eigenvalue weighted by Gasteiger charge is -2.10. The van der Waals surface area contributed by atoms with Crippen LogP contribution in [0.3, 0.4) is 0 Å². The van der Waals surface area contributed by atoms with Crippen LogP contribution in [-0.2, 0) is 6.54 Å². The lowest BCUT2D eigenvalue weighted by molar-refractivity contribution is 0.0951. The van der Waals surface area contributed by atoms with Crippen molar-refractivity contribution in [1.82, 2.24) is 5.32 Å². The van der Waals surface area contributed by atoms with E-state index in [2.05, 4.69) is 17.4 Å². The molecule has 1 aliphatic heterocycles. The molecule has 0 aromatic heterocycles. The predicted octanol–water partition coefficient (Wildman–Crippen LogP) is 4.75. The zero-order valence-electron chi connectivity index (χ0n) is 11.9. The number of nitrogens with one attached hydrogen (secondary N) is 1. The number of benzene rings is 2. The summed E-state index contributed by atoms with van der Waals surface area (Å²) in [7, 11) is 0. The second-order valence-corrected chi connectivity index (χ2v) is 8.17. The predicted molar refractivity (Wildman–Crippen MR) is 96.7 cm³/mol.